The molecule has 1 atom stereocenters. The Balaban J connectivity index is 2.05. The number of Topliss-reactive ketones (excluding diaryl/α,β-unsaturated/α-hetero) is 1. The number of nitrogens with one attached hydrogen (secondary N) is 1. The Hall–Kier alpha value is -1.29. The van der Waals surface area contributed by atoms with E-state index in [0.29, 0.717) is 6.42 Å². The van der Waals surface area contributed by atoms with Crippen LogP contribution in [0.15, 0.2) is 23.1 Å². The van der Waals surface area contributed by atoms with Gasteiger partial charge >= 0.3 is 0 Å². The van der Waals surface area contributed by atoms with Gasteiger partial charge in [0.1, 0.15) is 5.78 Å². The van der Waals surface area contributed by atoms with Gasteiger partial charge in [0.25, 0.3) is 0 Å². The fraction of sp³-hybridized carbons (Fsp3) is 0.429. The van der Waals surface area contributed by atoms with Gasteiger partial charge in [-0.25, -0.2) is 0 Å². The average Bonchev–Trinajstić information content (AvgIpc) is 2.30. The molecule has 1 aromatic carbocycles. The molecule has 0 bridgehead atoms. The summed E-state index contributed by atoms with van der Waals surface area (Å²) in [4.78, 5) is 23.6. The molecular weight excluding hydrogens is 246 g/mol. The second-order valence-electron chi connectivity index (χ2n) is 4.64. The first-order valence-corrected chi connectivity index (χ1v) is 7.04. The van der Waals surface area contributed by atoms with Crippen molar-refractivity contribution in [3.05, 3.63) is 23.8 Å². The minimum Gasteiger partial charge on any atom is -0.324 e. The molecule has 3 nitrogen and oxygen atoms in total. The fourth-order valence-corrected chi connectivity index (χ4v) is 2.88. The van der Waals surface area contributed by atoms with Gasteiger partial charge in [-0.1, -0.05) is 6.07 Å². The van der Waals surface area contributed by atoms with Crippen molar-refractivity contribution in [3.8, 4) is 0 Å². The van der Waals surface area contributed by atoms with Crippen molar-refractivity contribution in [1.29, 1.82) is 0 Å². The standard InChI is InChI=1S/C14H17NO2S/c1-9(16)4-3-5-11-6-7-13-12(8-11)15-14(17)10(2)18-13/h6-8,10H,3-5H2,1-2H3,(H,15,17). The van der Waals surface area contributed by atoms with Crippen molar-refractivity contribution in [3.63, 3.8) is 0 Å². The number of rotatable bonds is 4. The van der Waals surface area contributed by atoms with Crippen LogP contribution in [0.1, 0.15) is 32.3 Å². The van der Waals surface area contributed by atoms with Gasteiger partial charge in [0.05, 0.1) is 10.9 Å². The van der Waals surface area contributed by atoms with Crippen molar-refractivity contribution >= 4 is 29.1 Å². The van der Waals surface area contributed by atoms with Gasteiger partial charge in [-0.3, -0.25) is 4.79 Å². The van der Waals surface area contributed by atoms with Crippen molar-refractivity contribution in [2.24, 2.45) is 0 Å². The van der Waals surface area contributed by atoms with Crippen LogP contribution in [-0.2, 0) is 16.0 Å². The maximum atomic E-state index is 11.6. The summed E-state index contributed by atoms with van der Waals surface area (Å²) in [5.41, 5.74) is 2.08. The van der Waals surface area contributed by atoms with E-state index in [9.17, 15) is 9.59 Å². The Labute approximate surface area is 111 Å². The Bertz CT molecular complexity index is 485. The minimum atomic E-state index is -0.0268. The van der Waals surface area contributed by atoms with Crippen LogP contribution in [0.2, 0.25) is 0 Å². The zero-order valence-electron chi connectivity index (χ0n) is 10.7. The van der Waals surface area contributed by atoms with E-state index in [0.717, 1.165) is 23.4 Å². The summed E-state index contributed by atoms with van der Waals surface area (Å²) in [5, 5.41) is 2.90. The van der Waals surface area contributed by atoms with E-state index in [1.54, 1.807) is 18.7 Å². The summed E-state index contributed by atoms with van der Waals surface area (Å²) in [5.74, 6) is 0.291. The Morgan fingerprint density at radius 1 is 1.44 bits per heavy atom. The number of ketones is 1. The number of amides is 1. The highest BCUT2D eigenvalue weighted by Gasteiger charge is 2.22. The lowest BCUT2D eigenvalue weighted by atomic mass is 10.1. The molecule has 0 radical (unpaired) electrons. The molecule has 1 heterocycles. The minimum absolute atomic E-state index is 0.0268. The monoisotopic (exact) mass is 263 g/mol. The van der Waals surface area contributed by atoms with Gasteiger partial charge in [-0.15, -0.1) is 11.8 Å². The molecule has 0 aliphatic carbocycles. The number of fused-ring (bicyclic) bond motifs is 1. The zero-order chi connectivity index (χ0) is 13.1. The van der Waals surface area contributed by atoms with Gasteiger partial charge in [0, 0.05) is 11.3 Å². The molecule has 0 aromatic heterocycles. The lowest BCUT2D eigenvalue weighted by Gasteiger charge is -2.21. The molecule has 96 valence electrons. The van der Waals surface area contributed by atoms with E-state index in [2.05, 4.69) is 17.4 Å². The summed E-state index contributed by atoms with van der Waals surface area (Å²) in [7, 11) is 0. The van der Waals surface area contributed by atoms with Crippen molar-refractivity contribution in [1.82, 2.24) is 0 Å². The molecular formula is C14H17NO2S. The third kappa shape index (κ3) is 3.13. The van der Waals surface area contributed by atoms with E-state index in [4.69, 9.17) is 0 Å². The zero-order valence-corrected chi connectivity index (χ0v) is 11.5. The van der Waals surface area contributed by atoms with Gasteiger partial charge in [0.15, 0.2) is 0 Å². The maximum Gasteiger partial charge on any atom is 0.237 e. The Morgan fingerprint density at radius 3 is 2.94 bits per heavy atom. The van der Waals surface area contributed by atoms with Gasteiger partial charge in [-0.2, -0.15) is 0 Å². The largest absolute Gasteiger partial charge is 0.324 e. The maximum absolute atomic E-state index is 11.6. The first kappa shape index (κ1) is 13.1. The molecule has 1 amide bonds. The lowest BCUT2D eigenvalue weighted by molar-refractivity contribution is -0.117. The van der Waals surface area contributed by atoms with E-state index in [1.165, 1.54) is 5.56 Å². The Kier molecular flexibility index (Phi) is 4.07. The summed E-state index contributed by atoms with van der Waals surface area (Å²) < 4.78 is 0. The molecule has 0 fully saturated rings. The van der Waals surface area contributed by atoms with E-state index in [-0.39, 0.29) is 16.9 Å². The normalized spacial score (nSPS) is 18.1. The van der Waals surface area contributed by atoms with Crippen LogP contribution in [0.4, 0.5) is 5.69 Å². The number of anilines is 1. The van der Waals surface area contributed by atoms with Gasteiger partial charge < -0.3 is 10.1 Å². The highest BCUT2D eigenvalue weighted by atomic mass is 32.2. The molecule has 0 saturated heterocycles. The molecule has 2 rings (SSSR count). The summed E-state index contributed by atoms with van der Waals surface area (Å²) >= 11 is 1.59. The van der Waals surface area contributed by atoms with E-state index < -0.39 is 0 Å². The quantitative estimate of drug-likeness (QED) is 0.908. The molecule has 1 aliphatic heterocycles. The summed E-state index contributed by atoms with van der Waals surface area (Å²) in [6.07, 6.45) is 2.36. The predicted molar refractivity (Wildman–Crippen MR) is 74.0 cm³/mol. The number of aryl methyl sites for hydroxylation is 1. The van der Waals surface area contributed by atoms with Crippen LogP contribution in [0.5, 0.6) is 0 Å². The number of hydrogen-bond acceptors (Lipinski definition) is 3. The lowest BCUT2D eigenvalue weighted by Crippen LogP contribution is -2.26. The third-order valence-electron chi connectivity index (χ3n) is 2.97. The summed E-state index contributed by atoms with van der Waals surface area (Å²) in [6.45, 7) is 3.52. The first-order chi connectivity index (χ1) is 8.56. The molecule has 18 heavy (non-hydrogen) atoms. The van der Waals surface area contributed by atoms with Crippen LogP contribution >= 0.6 is 11.8 Å². The van der Waals surface area contributed by atoms with Crippen molar-refractivity contribution in [2.45, 2.75) is 43.3 Å². The highest BCUT2D eigenvalue weighted by molar-refractivity contribution is 8.00. The fourth-order valence-electron chi connectivity index (χ4n) is 1.95. The van der Waals surface area contributed by atoms with E-state index >= 15 is 0 Å². The van der Waals surface area contributed by atoms with Gasteiger partial charge in [0.2, 0.25) is 5.91 Å². The van der Waals surface area contributed by atoms with Crippen LogP contribution in [0.3, 0.4) is 0 Å². The van der Waals surface area contributed by atoms with Crippen LogP contribution in [0, 0.1) is 0 Å². The molecule has 1 aliphatic rings. The second kappa shape index (κ2) is 5.57. The molecule has 0 spiro atoms. The number of thioether (sulfide) groups is 1. The van der Waals surface area contributed by atoms with Gasteiger partial charge in [-0.05, 0) is 44.4 Å². The molecule has 0 saturated carbocycles. The molecule has 1 aromatic rings. The molecule has 1 unspecified atom stereocenters. The molecule has 1 N–H and O–H groups in total. The number of carbonyl (C=O) groups is 2. The first-order valence-electron chi connectivity index (χ1n) is 6.16. The number of carbonyl (C=O) groups excluding carboxylic acids is 2. The average molecular weight is 263 g/mol. The number of benzene rings is 1. The number of hydrogen-bond donors (Lipinski definition) is 1. The van der Waals surface area contributed by atoms with Crippen LogP contribution < -0.4 is 5.32 Å². The van der Waals surface area contributed by atoms with Crippen LogP contribution in [-0.4, -0.2) is 16.9 Å². The highest BCUT2D eigenvalue weighted by Crippen LogP contribution is 2.36. The van der Waals surface area contributed by atoms with E-state index in [1.807, 2.05) is 13.0 Å². The second-order valence-corrected chi connectivity index (χ2v) is 6.02. The SMILES string of the molecule is CC(=O)CCCc1ccc2c(c1)NC(=O)C(C)S2. The third-order valence-corrected chi connectivity index (χ3v) is 4.15. The Morgan fingerprint density at radius 2 is 2.22 bits per heavy atom. The van der Waals surface area contributed by atoms with Crippen LogP contribution in [0.25, 0.3) is 0 Å². The smallest absolute Gasteiger partial charge is 0.237 e. The predicted octanol–water partition coefficient (Wildman–Crippen LogP) is 3.03. The van der Waals surface area contributed by atoms with Crippen molar-refractivity contribution < 1.29 is 9.59 Å². The molecule has 4 heteroatoms. The summed E-state index contributed by atoms with van der Waals surface area (Å²) in [6, 6.07) is 6.15. The van der Waals surface area contributed by atoms with Crippen molar-refractivity contribution in [2.75, 3.05) is 5.32 Å². The topological polar surface area (TPSA) is 46.2 Å².